The molecule has 2 heterocycles. The number of halogens is 1. The van der Waals surface area contributed by atoms with Gasteiger partial charge in [0.2, 0.25) is 5.95 Å². The van der Waals surface area contributed by atoms with E-state index in [1.165, 1.54) is 12.1 Å². The summed E-state index contributed by atoms with van der Waals surface area (Å²) in [4.78, 5) is 20.0. The van der Waals surface area contributed by atoms with Crippen LogP contribution in [0, 0.1) is 0 Å². The summed E-state index contributed by atoms with van der Waals surface area (Å²) in [7, 11) is 0. The lowest BCUT2D eigenvalue weighted by atomic mass is 10.2. The van der Waals surface area contributed by atoms with Crippen LogP contribution in [0.5, 0.6) is 0 Å². The summed E-state index contributed by atoms with van der Waals surface area (Å²) < 4.78 is 1.61. The van der Waals surface area contributed by atoms with Gasteiger partial charge in [-0.2, -0.15) is 9.97 Å². The molecule has 0 aliphatic heterocycles. The molecule has 0 aliphatic rings. The molecule has 142 valence electrons. The number of benzene rings is 1. The fourth-order valence-electron chi connectivity index (χ4n) is 2.38. The molecule has 1 atom stereocenters. The average molecular weight is 392 g/mol. The van der Waals surface area contributed by atoms with Crippen molar-refractivity contribution in [3.8, 4) is 0 Å². The van der Waals surface area contributed by atoms with E-state index in [1.54, 1.807) is 17.7 Å². The number of carboxylic acids is 1. The van der Waals surface area contributed by atoms with E-state index in [9.17, 15) is 15.0 Å². The van der Waals surface area contributed by atoms with Crippen molar-refractivity contribution in [3.63, 3.8) is 0 Å². The summed E-state index contributed by atoms with van der Waals surface area (Å²) in [6.07, 6.45) is -0.579. The third kappa shape index (κ3) is 4.07. The monoisotopic (exact) mass is 391 g/mol. The number of hydrogen-bond acceptors (Lipinski definition) is 8. The lowest BCUT2D eigenvalue weighted by Crippen LogP contribution is -2.17. The highest BCUT2D eigenvalue weighted by Crippen LogP contribution is 2.26. The highest BCUT2D eigenvalue weighted by molar-refractivity contribution is 6.33. The normalized spacial score (nSPS) is 12.1. The largest absolute Gasteiger partial charge is 0.478 e. The van der Waals surface area contributed by atoms with Crippen LogP contribution in [0.3, 0.4) is 0 Å². The van der Waals surface area contributed by atoms with Crippen LogP contribution >= 0.6 is 11.6 Å². The van der Waals surface area contributed by atoms with Gasteiger partial charge in [-0.15, -0.1) is 5.10 Å². The number of anilines is 3. The number of aromatic carboxylic acids is 1. The van der Waals surface area contributed by atoms with Gasteiger partial charge in [0.1, 0.15) is 0 Å². The molecular formula is C16H18ClN7O3. The number of nitrogens with one attached hydrogen (secondary N) is 2. The van der Waals surface area contributed by atoms with Crippen molar-refractivity contribution < 1.29 is 15.0 Å². The molecule has 0 fully saturated rings. The van der Waals surface area contributed by atoms with Gasteiger partial charge in [0.05, 0.1) is 16.7 Å². The lowest BCUT2D eigenvalue weighted by molar-refractivity contribution is 0.0697. The van der Waals surface area contributed by atoms with E-state index in [1.807, 2.05) is 6.92 Å². The van der Waals surface area contributed by atoms with Gasteiger partial charge < -0.3 is 20.8 Å². The van der Waals surface area contributed by atoms with Crippen molar-refractivity contribution >= 4 is 46.2 Å². The van der Waals surface area contributed by atoms with E-state index in [2.05, 4.69) is 30.9 Å². The molecule has 1 aromatic carbocycles. The number of carbonyl (C=O) groups is 1. The highest BCUT2D eigenvalue weighted by Gasteiger charge is 2.16. The molecule has 27 heavy (non-hydrogen) atoms. The predicted molar refractivity (Wildman–Crippen MR) is 101 cm³/mol. The minimum absolute atomic E-state index is 0.0309. The molecule has 10 nitrogen and oxygen atoms in total. The number of aromatic nitrogens is 5. The van der Waals surface area contributed by atoms with E-state index in [0.717, 1.165) is 0 Å². The zero-order chi connectivity index (χ0) is 19.6. The SMILES string of the molecule is CCn1nnc2c(Nc3ccc(Cl)c(C(=O)O)c3)nc(NCC(C)O)nc21. The van der Waals surface area contributed by atoms with Crippen molar-refractivity contribution in [1.29, 1.82) is 0 Å². The van der Waals surface area contributed by atoms with Gasteiger partial charge in [-0.25, -0.2) is 9.48 Å². The van der Waals surface area contributed by atoms with Crippen LogP contribution in [-0.2, 0) is 6.54 Å². The van der Waals surface area contributed by atoms with Gasteiger partial charge in [0, 0.05) is 18.8 Å². The number of aliphatic hydroxyl groups is 1. The maximum Gasteiger partial charge on any atom is 0.337 e. The summed E-state index contributed by atoms with van der Waals surface area (Å²) in [5.74, 6) is -0.491. The Labute approximate surface area is 159 Å². The Balaban J connectivity index is 2.03. The summed E-state index contributed by atoms with van der Waals surface area (Å²) in [5, 5.41) is 33.0. The molecule has 4 N–H and O–H groups in total. The van der Waals surface area contributed by atoms with Crippen LogP contribution in [0.2, 0.25) is 5.02 Å². The van der Waals surface area contributed by atoms with E-state index in [0.29, 0.717) is 29.2 Å². The fraction of sp³-hybridized carbons (Fsp3) is 0.312. The topological polar surface area (TPSA) is 138 Å². The molecule has 0 radical (unpaired) electrons. The van der Waals surface area contributed by atoms with Crippen LogP contribution in [0.25, 0.3) is 11.2 Å². The van der Waals surface area contributed by atoms with E-state index < -0.39 is 12.1 Å². The summed E-state index contributed by atoms with van der Waals surface area (Å²) in [6.45, 7) is 4.38. The summed E-state index contributed by atoms with van der Waals surface area (Å²) in [6, 6.07) is 4.53. The first-order valence-electron chi connectivity index (χ1n) is 8.22. The molecule has 2 aromatic heterocycles. The Bertz CT molecular complexity index is 990. The number of fused-ring (bicyclic) bond motifs is 1. The Morgan fingerprint density at radius 1 is 1.37 bits per heavy atom. The van der Waals surface area contributed by atoms with Crippen molar-refractivity contribution in [1.82, 2.24) is 25.0 Å². The summed E-state index contributed by atoms with van der Waals surface area (Å²) >= 11 is 5.91. The molecule has 0 saturated heterocycles. The quantitative estimate of drug-likeness (QED) is 0.477. The van der Waals surface area contributed by atoms with Crippen LogP contribution in [-0.4, -0.2) is 53.8 Å². The Morgan fingerprint density at radius 3 is 2.81 bits per heavy atom. The third-order valence-corrected chi connectivity index (χ3v) is 4.01. The zero-order valence-corrected chi connectivity index (χ0v) is 15.4. The van der Waals surface area contributed by atoms with Gasteiger partial charge in [-0.1, -0.05) is 16.8 Å². The van der Waals surface area contributed by atoms with Crippen LogP contribution in [0.4, 0.5) is 17.5 Å². The molecule has 0 bridgehead atoms. The summed E-state index contributed by atoms with van der Waals surface area (Å²) in [5.41, 5.74) is 1.39. The van der Waals surface area contributed by atoms with E-state index in [4.69, 9.17) is 11.6 Å². The minimum atomic E-state index is -1.13. The number of nitrogens with zero attached hydrogens (tertiary/aromatic N) is 5. The maximum absolute atomic E-state index is 11.3. The lowest BCUT2D eigenvalue weighted by Gasteiger charge is -2.11. The smallest absolute Gasteiger partial charge is 0.337 e. The minimum Gasteiger partial charge on any atom is -0.478 e. The standard InChI is InChI=1S/C16H18ClN7O3/c1-3-24-14-12(22-23-24)13(20-16(21-14)18-7-8(2)25)19-9-4-5-11(17)10(6-9)15(26)27/h4-6,8,25H,3,7H2,1-2H3,(H,26,27)(H2,18,19,20,21). The van der Waals surface area contributed by atoms with Crippen molar-refractivity contribution in [2.45, 2.75) is 26.5 Å². The second-order valence-corrected chi connectivity index (χ2v) is 6.24. The molecule has 0 aliphatic carbocycles. The molecule has 0 spiro atoms. The van der Waals surface area contributed by atoms with Crippen LogP contribution in [0.1, 0.15) is 24.2 Å². The zero-order valence-electron chi connectivity index (χ0n) is 14.6. The maximum atomic E-state index is 11.3. The molecule has 11 heteroatoms. The molecular weight excluding hydrogens is 374 g/mol. The number of hydrogen-bond donors (Lipinski definition) is 4. The molecule has 0 amide bonds. The van der Waals surface area contributed by atoms with Gasteiger partial charge in [-0.05, 0) is 32.0 Å². The van der Waals surface area contributed by atoms with Gasteiger partial charge in [0.25, 0.3) is 0 Å². The van der Waals surface area contributed by atoms with E-state index >= 15 is 0 Å². The van der Waals surface area contributed by atoms with Gasteiger partial charge in [-0.3, -0.25) is 0 Å². The molecule has 3 rings (SSSR count). The Morgan fingerprint density at radius 2 is 2.15 bits per heavy atom. The van der Waals surface area contributed by atoms with Crippen molar-refractivity contribution in [2.24, 2.45) is 0 Å². The first-order valence-corrected chi connectivity index (χ1v) is 8.60. The number of rotatable bonds is 7. The second kappa shape index (κ2) is 7.72. The molecule has 0 saturated carbocycles. The predicted octanol–water partition coefficient (Wildman–Crippen LogP) is 2.13. The third-order valence-electron chi connectivity index (χ3n) is 3.68. The van der Waals surface area contributed by atoms with Crippen molar-refractivity contribution in [2.75, 3.05) is 17.2 Å². The highest BCUT2D eigenvalue weighted by atomic mass is 35.5. The molecule has 3 aromatic rings. The second-order valence-electron chi connectivity index (χ2n) is 5.83. The number of carboxylic acid groups (broad SMARTS) is 1. The fourth-order valence-corrected chi connectivity index (χ4v) is 2.58. The number of aryl methyl sites for hydroxylation is 1. The van der Waals surface area contributed by atoms with E-state index in [-0.39, 0.29) is 23.1 Å². The Hall–Kier alpha value is -2.98. The van der Waals surface area contributed by atoms with Gasteiger partial charge >= 0.3 is 5.97 Å². The van der Waals surface area contributed by atoms with Gasteiger partial charge in [0.15, 0.2) is 17.0 Å². The average Bonchev–Trinajstić information content (AvgIpc) is 3.04. The molecule has 1 unspecified atom stereocenters. The van der Waals surface area contributed by atoms with Crippen LogP contribution in [0.15, 0.2) is 18.2 Å². The first kappa shape index (κ1) is 18.8. The van der Waals surface area contributed by atoms with Crippen LogP contribution < -0.4 is 10.6 Å². The Kier molecular flexibility index (Phi) is 5.38. The first-order chi connectivity index (χ1) is 12.9. The van der Waals surface area contributed by atoms with Crippen molar-refractivity contribution in [3.05, 3.63) is 28.8 Å². The number of aliphatic hydroxyl groups excluding tert-OH is 1.